The van der Waals surface area contributed by atoms with E-state index in [9.17, 15) is 4.79 Å². The number of ether oxygens (including phenoxy) is 2. The number of Topliss-reactive ketones (excluding diaryl/α,β-unsaturated/α-hetero) is 1. The number of hydrogen-bond donors (Lipinski definition) is 0. The fraction of sp³-hybridized carbons (Fsp3) is 0.588. The Morgan fingerprint density at radius 3 is 2.15 bits per heavy atom. The molecule has 1 aliphatic carbocycles. The van der Waals surface area contributed by atoms with Crippen molar-refractivity contribution in [1.82, 2.24) is 0 Å². The molecule has 1 fully saturated rings. The molecule has 0 unspecified atom stereocenters. The highest BCUT2D eigenvalue weighted by atomic mass is 16.5. The number of carbonyl (C=O) groups excluding carboxylic acids is 1. The van der Waals surface area contributed by atoms with Crippen LogP contribution in [0, 0.1) is 5.92 Å². The van der Waals surface area contributed by atoms with Gasteiger partial charge < -0.3 is 9.47 Å². The predicted molar refractivity (Wildman–Crippen MR) is 79.7 cm³/mol. The molecule has 0 spiro atoms. The molecule has 0 aromatic heterocycles. The van der Waals surface area contributed by atoms with E-state index in [1.54, 1.807) is 20.3 Å². The lowest BCUT2D eigenvalue weighted by molar-refractivity contribution is 0.0898. The Kier molecular flexibility index (Phi) is 5.45. The van der Waals surface area contributed by atoms with Crippen molar-refractivity contribution in [1.29, 1.82) is 0 Å². The molecule has 0 amide bonds. The summed E-state index contributed by atoms with van der Waals surface area (Å²) < 4.78 is 10.5. The molecule has 1 saturated carbocycles. The molecule has 0 saturated heterocycles. The fourth-order valence-electron chi connectivity index (χ4n) is 2.94. The summed E-state index contributed by atoms with van der Waals surface area (Å²) in [7, 11) is 3.20. The van der Waals surface area contributed by atoms with Gasteiger partial charge in [0.15, 0.2) is 17.3 Å². The zero-order chi connectivity index (χ0) is 14.4. The fourth-order valence-corrected chi connectivity index (χ4v) is 2.94. The first-order chi connectivity index (χ1) is 9.76. The van der Waals surface area contributed by atoms with E-state index in [1.165, 1.54) is 32.1 Å². The standard InChI is InChI=1S/C17H24O3/c1-19-15-11-10-14(12-16(15)20-2)17(18)13-8-6-4-3-5-7-9-13/h10-13H,3-9H2,1-2H3. The van der Waals surface area contributed by atoms with Crippen molar-refractivity contribution in [2.75, 3.05) is 14.2 Å². The van der Waals surface area contributed by atoms with Gasteiger partial charge in [0.25, 0.3) is 0 Å². The van der Waals surface area contributed by atoms with Crippen LogP contribution >= 0.6 is 0 Å². The molecule has 0 heterocycles. The summed E-state index contributed by atoms with van der Waals surface area (Å²) in [5.74, 6) is 1.73. The molecule has 1 aliphatic rings. The van der Waals surface area contributed by atoms with Crippen LogP contribution in [0.5, 0.6) is 11.5 Å². The number of rotatable bonds is 4. The summed E-state index contributed by atoms with van der Waals surface area (Å²) in [6.07, 6.45) is 8.22. The highest BCUT2D eigenvalue weighted by molar-refractivity contribution is 5.98. The Morgan fingerprint density at radius 2 is 1.55 bits per heavy atom. The molecule has 3 heteroatoms. The summed E-state index contributed by atoms with van der Waals surface area (Å²) >= 11 is 0. The Balaban J connectivity index is 2.14. The van der Waals surface area contributed by atoms with Crippen molar-refractivity contribution in [2.45, 2.75) is 44.9 Å². The Morgan fingerprint density at radius 1 is 0.950 bits per heavy atom. The van der Waals surface area contributed by atoms with Gasteiger partial charge in [0.2, 0.25) is 0 Å². The largest absolute Gasteiger partial charge is 0.493 e. The summed E-state index contributed by atoms with van der Waals surface area (Å²) in [5, 5.41) is 0. The Bertz CT molecular complexity index is 446. The van der Waals surface area contributed by atoms with Crippen molar-refractivity contribution >= 4 is 5.78 Å². The van der Waals surface area contributed by atoms with Gasteiger partial charge in [0.05, 0.1) is 14.2 Å². The van der Waals surface area contributed by atoms with E-state index in [2.05, 4.69) is 0 Å². The molecular formula is C17H24O3. The van der Waals surface area contributed by atoms with E-state index in [4.69, 9.17) is 9.47 Å². The van der Waals surface area contributed by atoms with Gasteiger partial charge in [-0.15, -0.1) is 0 Å². The molecule has 0 atom stereocenters. The zero-order valence-electron chi connectivity index (χ0n) is 12.5. The van der Waals surface area contributed by atoms with Crippen LogP contribution < -0.4 is 9.47 Å². The molecule has 0 radical (unpaired) electrons. The average Bonchev–Trinajstić information content (AvgIpc) is 2.45. The second-order valence-electron chi connectivity index (χ2n) is 5.48. The van der Waals surface area contributed by atoms with Crippen molar-refractivity contribution in [3.05, 3.63) is 23.8 Å². The van der Waals surface area contributed by atoms with Crippen molar-refractivity contribution < 1.29 is 14.3 Å². The van der Waals surface area contributed by atoms with Crippen molar-refractivity contribution in [2.24, 2.45) is 5.92 Å². The molecule has 110 valence electrons. The number of hydrogen-bond acceptors (Lipinski definition) is 3. The third kappa shape index (κ3) is 3.53. The minimum absolute atomic E-state index is 0.174. The molecule has 20 heavy (non-hydrogen) atoms. The van der Waals surface area contributed by atoms with E-state index < -0.39 is 0 Å². The summed E-state index contributed by atoms with van der Waals surface area (Å²) in [6.45, 7) is 0. The second-order valence-corrected chi connectivity index (χ2v) is 5.48. The van der Waals surface area contributed by atoms with E-state index in [-0.39, 0.29) is 11.7 Å². The molecular weight excluding hydrogens is 252 g/mol. The second kappa shape index (κ2) is 7.32. The van der Waals surface area contributed by atoms with Crippen LogP contribution in [0.3, 0.4) is 0 Å². The number of carbonyl (C=O) groups is 1. The predicted octanol–water partition coefficient (Wildman–Crippen LogP) is 4.25. The maximum atomic E-state index is 12.6. The average molecular weight is 276 g/mol. The van der Waals surface area contributed by atoms with Crippen molar-refractivity contribution in [3.63, 3.8) is 0 Å². The molecule has 1 aromatic rings. The van der Waals surface area contributed by atoms with Gasteiger partial charge in [-0.3, -0.25) is 4.79 Å². The van der Waals surface area contributed by atoms with Gasteiger partial charge in [-0.1, -0.05) is 32.1 Å². The number of methoxy groups -OCH3 is 2. The van der Waals surface area contributed by atoms with Gasteiger partial charge in [-0.2, -0.15) is 0 Å². The quantitative estimate of drug-likeness (QED) is 0.771. The lowest BCUT2D eigenvalue weighted by Gasteiger charge is -2.19. The molecule has 0 N–H and O–H groups in total. The molecule has 1 aromatic carbocycles. The Labute approximate surface area is 121 Å². The van der Waals surface area contributed by atoms with Crippen molar-refractivity contribution in [3.8, 4) is 11.5 Å². The minimum Gasteiger partial charge on any atom is -0.493 e. The third-order valence-corrected chi connectivity index (χ3v) is 4.14. The van der Waals surface area contributed by atoms with E-state index in [1.807, 2.05) is 12.1 Å². The van der Waals surface area contributed by atoms with Crippen LogP contribution in [0.25, 0.3) is 0 Å². The lowest BCUT2D eigenvalue weighted by atomic mass is 9.85. The van der Waals surface area contributed by atoms with Crippen LogP contribution in [-0.2, 0) is 0 Å². The monoisotopic (exact) mass is 276 g/mol. The smallest absolute Gasteiger partial charge is 0.166 e. The van der Waals surface area contributed by atoms with Gasteiger partial charge in [-0.25, -0.2) is 0 Å². The van der Waals surface area contributed by atoms with Gasteiger partial charge in [-0.05, 0) is 31.0 Å². The molecule has 0 aliphatic heterocycles. The minimum atomic E-state index is 0.174. The molecule has 2 rings (SSSR count). The topological polar surface area (TPSA) is 35.5 Å². The van der Waals surface area contributed by atoms with Crippen LogP contribution in [0.15, 0.2) is 18.2 Å². The highest BCUT2D eigenvalue weighted by Crippen LogP contribution is 2.31. The van der Waals surface area contributed by atoms with E-state index in [0.29, 0.717) is 11.5 Å². The Hall–Kier alpha value is -1.51. The first-order valence-electron chi connectivity index (χ1n) is 7.52. The maximum Gasteiger partial charge on any atom is 0.166 e. The normalized spacial score (nSPS) is 17.1. The summed E-state index contributed by atoms with van der Waals surface area (Å²) in [4.78, 5) is 12.6. The lowest BCUT2D eigenvalue weighted by Crippen LogP contribution is -2.16. The number of ketones is 1. The van der Waals surface area contributed by atoms with Gasteiger partial charge in [0.1, 0.15) is 0 Å². The maximum absolute atomic E-state index is 12.6. The summed E-state index contributed by atoms with van der Waals surface area (Å²) in [6, 6.07) is 5.47. The molecule has 0 bridgehead atoms. The molecule has 3 nitrogen and oxygen atoms in total. The van der Waals surface area contributed by atoms with Crippen LogP contribution in [0.2, 0.25) is 0 Å². The van der Waals surface area contributed by atoms with Crippen LogP contribution in [-0.4, -0.2) is 20.0 Å². The summed E-state index contributed by atoms with van der Waals surface area (Å²) in [5.41, 5.74) is 0.744. The zero-order valence-corrected chi connectivity index (χ0v) is 12.5. The van der Waals surface area contributed by atoms with Gasteiger partial charge >= 0.3 is 0 Å². The SMILES string of the molecule is COc1ccc(C(=O)C2CCCCCCC2)cc1OC. The van der Waals surface area contributed by atoms with Crippen LogP contribution in [0.4, 0.5) is 0 Å². The van der Waals surface area contributed by atoms with E-state index >= 15 is 0 Å². The number of benzene rings is 1. The van der Waals surface area contributed by atoms with Crippen LogP contribution in [0.1, 0.15) is 55.3 Å². The van der Waals surface area contributed by atoms with Gasteiger partial charge in [0, 0.05) is 11.5 Å². The first-order valence-corrected chi connectivity index (χ1v) is 7.52. The third-order valence-electron chi connectivity index (χ3n) is 4.14. The highest BCUT2D eigenvalue weighted by Gasteiger charge is 2.21. The van der Waals surface area contributed by atoms with E-state index in [0.717, 1.165) is 18.4 Å². The first kappa shape index (κ1) is 14.9.